The van der Waals surface area contributed by atoms with Gasteiger partial charge in [0.1, 0.15) is 0 Å². The summed E-state index contributed by atoms with van der Waals surface area (Å²) in [6, 6.07) is 0.723. The Kier molecular flexibility index (Phi) is 5.70. The molecule has 0 aromatic heterocycles. The van der Waals surface area contributed by atoms with E-state index >= 15 is 0 Å². The first-order valence-corrected chi connectivity index (χ1v) is 8.06. The molecule has 1 nitrogen and oxygen atoms in total. The molecule has 1 heteroatoms. The van der Waals surface area contributed by atoms with Crippen LogP contribution in [0.1, 0.15) is 79.6 Å². The fourth-order valence-electron chi connectivity index (χ4n) is 3.88. The van der Waals surface area contributed by atoms with Crippen molar-refractivity contribution in [2.75, 3.05) is 7.05 Å². The van der Waals surface area contributed by atoms with Crippen molar-refractivity contribution in [1.82, 2.24) is 5.32 Å². The van der Waals surface area contributed by atoms with Gasteiger partial charge in [0.25, 0.3) is 0 Å². The lowest BCUT2D eigenvalue weighted by atomic mass is 9.98. The fraction of sp³-hybridized carbons (Fsp3) is 1.00. The molecule has 0 spiro atoms. The summed E-state index contributed by atoms with van der Waals surface area (Å²) in [6.45, 7) is 12.0. The molecule has 1 aliphatic rings. The third kappa shape index (κ3) is 3.29. The van der Waals surface area contributed by atoms with E-state index < -0.39 is 0 Å². The van der Waals surface area contributed by atoms with Gasteiger partial charge >= 0.3 is 0 Å². The van der Waals surface area contributed by atoms with Crippen LogP contribution < -0.4 is 5.32 Å². The second-order valence-electron chi connectivity index (χ2n) is 7.37. The summed E-state index contributed by atoms with van der Waals surface area (Å²) in [5.74, 6) is 0.852. The summed E-state index contributed by atoms with van der Waals surface area (Å²) in [4.78, 5) is 0. The Morgan fingerprint density at radius 3 is 1.83 bits per heavy atom. The second-order valence-corrected chi connectivity index (χ2v) is 7.37. The van der Waals surface area contributed by atoms with E-state index in [1.165, 1.54) is 44.9 Å². The van der Waals surface area contributed by atoms with Gasteiger partial charge in [0.05, 0.1) is 0 Å². The van der Waals surface area contributed by atoms with Crippen molar-refractivity contribution in [2.24, 2.45) is 16.7 Å². The van der Waals surface area contributed by atoms with Crippen molar-refractivity contribution >= 4 is 0 Å². The Bertz CT molecular complexity index is 228. The monoisotopic (exact) mass is 253 g/mol. The SMILES string of the molecule is CCCCCCCCC(NC)C1C(C)(C)C1(C)C. The lowest BCUT2D eigenvalue weighted by molar-refractivity contribution is 0.385. The van der Waals surface area contributed by atoms with Crippen LogP contribution in [0.4, 0.5) is 0 Å². The summed E-state index contributed by atoms with van der Waals surface area (Å²) >= 11 is 0. The highest BCUT2D eigenvalue weighted by molar-refractivity contribution is 5.16. The van der Waals surface area contributed by atoms with Gasteiger partial charge in [-0.25, -0.2) is 0 Å². The van der Waals surface area contributed by atoms with E-state index in [9.17, 15) is 0 Å². The van der Waals surface area contributed by atoms with E-state index in [1.807, 2.05) is 0 Å². The van der Waals surface area contributed by atoms with Crippen LogP contribution in [0.2, 0.25) is 0 Å². The molecule has 1 N–H and O–H groups in total. The van der Waals surface area contributed by atoms with Crippen LogP contribution in [0.3, 0.4) is 0 Å². The highest BCUT2D eigenvalue weighted by Crippen LogP contribution is 2.69. The van der Waals surface area contributed by atoms with E-state index in [-0.39, 0.29) is 0 Å². The van der Waals surface area contributed by atoms with E-state index in [2.05, 4.69) is 47.0 Å². The molecule has 108 valence electrons. The number of hydrogen-bond donors (Lipinski definition) is 1. The van der Waals surface area contributed by atoms with Crippen LogP contribution in [0, 0.1) is 16.7 Å². The Labute approximate surface area is 115 Å². The second kappa shape index (κ2) is 6.41. The van der Waals surface area contributed by atoms with Gasteiger partial charge in [0.15, 0.2) is 0 Å². The molecular weight excluding hydrogens is 218 g/mol. The Hall–Kier alpha value is -0.0400. The predicted molar refractivity (Wildman–Crippen MR) is 81.9 cm³/mol. The van der Waals surface area contributed by atoms with Crippen molar-refractivity contribution in [2.45, 2.75) is 85.6 Å². The maximum atomic E-state index is 3.58. The van der Waals surface area contributed by atoms with Crippen LogP contribution in [-0.4, -0.2) is 13.1 Å². The molecule has 1 rings (SSSR count). The molecule has 18 heavy (non-hydrogen) atoms. The zero-order chi connectivity index (χ0) is 13.8. The molecule has 1 fully saturated rings. The highest BCUT2D eigenvalue weighted by atomic mass is 14.9. The summed E-state index contributed by atoms with van der Waals surface area (Å²) in [5.41, 5.74) is 1.03. The molecule has 0 bridgehead atoms. The van der Waals surface area contributed by atoms with Gasteiger partial charge in [0, 0.05) is 6.04 Å². The molecule has 0 heterocycles. The zero-order valence-corrected chi connectivity index (χ0v) is 13.6. The number of nitrogens with one attached hydrogen (secondary N) is 1. The molecule has 0 aliphatic heterocycles. The Balaban J connectivity index is 2.24. The van der Waals surface area contributed by atoms with Gasteiger partial charge in [-0.1, -0.05) is 73.1 Å². The van der Waals surface area contributed by atoms with Crippen LogP contribution in [-0.2, 0) is 0 Å². The molecule has 0 saturated heterocycles. The van der Waals surface area contributed by atoms with Crippen molar-refractivity contribution in [1.29, 1.82) is 0 Å². The van der Waals surface area contributed by atoms with Crippen LogP contribution in [0.15, 0.2) is 0 Å². The first-order chi connectivity index (χ1) is 8.39. The first kappa shape index (κ1) is 16.0. The minimum absolute atomic E-state index is 0.517. The maximum Gasteiger partial charge on any atom is 0.0103 e. The third-order valence-electron chi connectivity index (χ3n) is 5.77. The lowest BCUT2D eigenvalue weighted by Gasteiger charge is -2.18. The quantitative estimate of drug-likeness (QED) is 0.570. The first-order valence-electron chi connectivity index (χ1n) is 8.06. The number of rotatable bonds is 9. The van der Waals surface area contributed by atoms with E-state index in [0.717, 1.165) is 12.0 Å². The smallest absolute Gasteiger partial charge is 0.0103 e. The van der Waals surface area contributed by atoms with Crippen LogP contribution >= 0.6 is 0 Å². The molecule has 0 radical (unpaired) electrons. The Morgan fingerprint density at radius 1 is 0.889 bits per heavy atom. The van der Waals surface area contributed by atoms with Crippen molar-refractivity contribution in [3.05, 3.63) is 0 Å². The summed E-state index contributed by atoms with van der Waals surface area (Å²) < 4.78 is 0. The van der Waals surface area contributed by atoms with Gasteiger partial charge in [-0.3, -0.25) is 0 Å². The normalized spacial score (nSPS) is 23.0. The maximum absolute atomic E-state index is 3.58. The average Bonchev–Trinajstić information content (AvgIpc) is 2.70. The van der Waals surface area contributed by atoms with Gasteiger partial charge in [-0.05, 0) is 30.2 Å². The lowest BCUT2D eigenvalue weighted by Crippen LogP contribution is -2.30. The van der Waals surface area contributed by atoms with E-state index in [4.69, 9.17) is 0 Å². The number of hydrogen-bond acceptors (Lipinski definition) is 1. The minimum atomic E-state index is 0.517. The third-order valence-corrected chi connectivity index (χ3v) is 5.77. The van der Waals surface area contributed by atoms with Crippen LogP contribution in [0.25, 0.3) is 0 Å². The van der Waals surface area contributed by atoms with Gasteiger partial charge in [0.2, 0.25) is 0 Å². The zero-order valence-electron chi connectivity index (χ0n) is 13.6. The summed E-state index contributed by atoms with van der Waals surface area (Å²) in [5, 5.41) is 3.58. The number of unbranched alkanes of at least 4 members (excludes halogenated alkanes) is 5. The molecule has 1 saturated carbocycles. The standard InChI is InChI=1S/C17H35N/c1-7-8-9-10-11-12-13-14(18-6)15-16(2,3)17(15,4)5/h14-15,18H,7-13H2,1-6H3. The molecule has 1 aliphatic carbocycles. The average molecular weight is 253 g/mol. The molecule has 0 amide bonds. The van der Waals surface area contributed by atoms with Gasteiger partial charge in [-0.15, -0.1) is 0 Å². The molecule has 0 aromatic rings. The Morgan fingerprint density at radius 2 is 1.39 bits per heavy atom. The summed E-state index contributed by atoms with van der Waals surface area (Å²) in [6.07, 6.45) is 9.81. The van der Waals surface area contributed by atoms with Crippen LogP contribution in [0.5, 0.6) is 0 Å². The minimum Gasteiger partial charge on any atom is -0.317 e. The molecule has 1 unspecified atom stereocenters. The topological polar surface area (TPSA) is 12.0 Å². The molecule has 1 atom stereocenters. The summed E-state index contributed by atoms with van der Waals surface area (Å²) in [7, 11) is 2.15. The van der Waals surface area contributed by atoms with Crippen molar-refractivity contribution in [3.8, 4) is 0 Å². The van der Waals surface area contributed by atoms with Crippen molar-refractivity contribution in [3.63, 3.8) is 0 Å². The molecule has 0 aromatic carbocycles. The van der Waals surface area contributed by atoms with Gasteiger partial charge < -0.3 is 5.32 Å². The van der Waals surface area contributed by atoms with E-state index in [0.29, 0.717) is 10.8 Å². The predicted octanol–water partition coefficient (Wildman–Crippen LogP) is 5.01. The molecular formula is C17H35N. The highest BCUT2D eigenvalue weighted by Gasteiger charge is 2.66. The van der Waals surface area contributed by atoms with Gasteiger partial charge in [-0.2, -0.15) is 0 Å². The largest absolute Gasteiger partial charge is 0.317 e. The van der Waals surface area contributed by atoms with E-state index in [1.54, 1.807) is 0 Å². The fourth-order valence-corrected chi connectivity index (χ4v) is 3.88. The van der Waals surface area contributed by atoms with Crippen molar-refractivity contribution < 1.29 is 0 Å².